The summed E-state index contributed by atoms with van der Waals surface area (Å²) in [6.07, 6.45) is 0. The lowest BCUT2D eigenvalue weighted by Crippen LogP contribution is -2.24. The van der Waals surface area contributed by atoms with E-state index < -0.39 is 9.05 Å². The summed E-state index contributed by atoms with van der Waals surface area (Å²) in [6.45, 7) is 3.12. The molecular formula is C11H14ClNO4S. The van der Waals surface area contributed by atoms with E-state index in [1.54, 1.807) is 13.8 Å². The number of carbonyl (C=O) groups excluding carboxylic acids is 1. The number of benzene rings is 1. The van der Waals surface area contributed by atoms with Crippen LogP contribution in [0.15, 0.2) is 17.0 Å². The number of carbonyl (C=O) groups is 1. The summed E-state index contributed by atoms with van der Waals surface area (Å²) in [5, 5.41) is 2.42. The van der Waals surface area contributed by atoms with E-state index in [-0.39, 0.29) is 17.4 Å². The second kappa shape index (κ2) is 5.58. The molecule has 1 amide bonds. The van der Waals surface area contributed by atoms with Gasteiger partial charge >= 0.3 is 0 Å². The van der Waals surface area contributed by atoms with E-state index in [0.29, 0.717) is 16.9 Å². The molecule has 0 bridgehead atoms. The largest absolute Gasteiger partial charge is 0.484 e. The highest BCUT2D eigenvalue weighted by atomic mass is 35.7. The van der Waals surface area contributed by atoms with Crippen LogP contribution in [0.4, 0.5) is 0 Å². The van der Waals surface area contributed by atoms with Gasteiger partial charge in [0.25, 0.3) is 15.0 Å². The van der Waals surface area contributed by atoms with Crippen LogP contribution in [0.25, 0.3) is 0 Å². The second-order valence-corrected chi connectivity index (χ2v) is 6.29. The first-order chi connectivity index (χ1) is 8.25. The van der Waals surface area contributed by atoms with Crippen molar-refractivity contribution in [2.75, 3.05) is 13.7 Å². The van der Waals surface area contributed by atoms with E-state index in [4.69, 9.17) is 15.4 Å². The van der Waals surface area contributed by atoms with Gasteiger partial charge in [-0.1, -0.05) is 0 Å². The van der Waals surface area contributed by atoms with Crippen LogP contribution < -0.4 is 10.1 Å². The third-order valence-corrected chi connectivity index (χ3v) is 3.92. The Morgan fingerprint density at radius 3 is 2.22 bits per heavy atom. The van der Waals surface area contributed by atoms with Gasteiger partial charge in [0.15, 0.2) is 6.61 Å². The molecule has 0 heterocycles. The predicted molar refractivity (Wildman–Crippen MR) is 68.5 cm³/mol. The lowest BCUT2D eigenvalue weighted by molar-refractivity contribution is -0.122. The molecule has 100 valence electrons. The Labute approximate surface area is 111 Å². The number of halogens is 1. The first-order valence-corrected chi connectivity index (χ1v) is 7.46. The maximum atomic E-state index is 11.4. The van der Waals surface area contributed by atoms with Crippen molar-refractivity contribution in [2.45, 2.75) is 18.7 Å². The summed E-state index contributed by atoms with van der Waals surface area (Å²) < 4.78 is 28.0. The highest BCUT2D eigenvalue weighted by molar-refractivity contribution is 8.13. The molecule has 1 rings (SSSR count). The van der Waals surface area contributed by atoms with E-state index in [0.717, 1.165) is 0 Å². The summed E-state index contributed by atoms with van der Waals surface area (Å²) >= 11 is 0. The fraction of sp³-hybridized carbons (Fsp3) is 0.364. The van der Waals surface area contributed by atoms with Gasteiger partial charge in [-0.15, -0.1) is 0 Å². The van der Waals surface area contributed by atoms with E-state index in [1.807, 2.05) is 0 Å². The molecule has 0 fully saturated rings. The lowest BCUT2D eigenvalue weighted by atomic mass is 10.1. The van der Waals surface area contributed by atoms with Crippen LogP contribution in [0.5, 0.6) is 5.75 Å². The van der Waals surface area contributed by atoms with E-state index >= 15 is 0 Å². The zero-order valence-corrected chi connectivity index (χ0v) is 11.9. The highest BCUT2D eigenvalue weighted by Crippen LogP contribution is 2.28. The molecule has 0 unspecified atom stereocenters. The number of amides is 1. The van der Waals surface area contributed by atoms with Crippen LogP contribution >= 0.6 is 10.7 Å². The SMILES string of the molecule is CNC(=O)COc1cc(C)c(S(=O)(=O)Cl)c(C)c1. The molecule has 1 aromatic carbocycles. The maximum Gasteiger partial charge on any atom is 0.261 e. The Morgan fingerprint density at radius 1 is 1.33 bits per heavy atom. The van der Waals surface area contributed by atoms with Crippen molar-refractivity contribution in [1.29, 1.82) is 0 Å². The Balaban J connectivity index is 3.04. The molecule has 0 aliphatic heterocycles. The zero-order chi connectivity index (χ0) is 13.9. The van der Waals surface area contributed by atoms with Crippen LogP contribution in [0.2, 0.25) is 0 Å². The molecule has 0 atom stereocenters. The van der Waals surface area contributed by atoms with Gasteiger partial charge < -0.3 is 10.1 Å². The average molecular weight is 292 g/mol. The third kappa shape index (κ3) is 3.61. The van der Waals surface area contributed by atoms with E-state index in [2.05, 4.69) is 5.32 Å². The maximum absolute atomic E-state index is 11.4. The van der Waals surface area contributed by atoms with Gasteiger partial charge in [0.05, 0.1) is 4.90 Å². The van der Waals surface area contributed by atoms with Crippen LogP contribution in [-0.2, 0) is 13.8 Å². The van der Waals surface area contributed by atoms with Crippen molar-refractivity contribution in [3.8, 4) is 5.75 Å². The summed E-state index contributed by atoms with van der Waals surface area (Å²) in [7, 11) is 3.06. The molecule has 18 heavy (non-hydrogen) atoms. The molecule has 0 saturated heterocycles. The topological polar surface area (TPSA) is 72.5 Å². The predicted octanol–water partition coefficient (Wildman–Crippen LogP) is 1.36. The second-order valence-electron chi connectivity index (χ2n) is 3.79. The number of hydrogen-bond acceptors (Lipinski definition) is 4. The van der Waals surface area contributed by atoms with Gasteiger partial charge in [-0.3, -0.25) is 4.79 Å². The monoisotopic (exact) mass is 291 g/mol. The third-order valence-electron chi connectivity index (χ3n) is 2.33. The first kappa shape index (κ1) is 14.8. The number of nitrogens with one attached hydrogen (secondary N) is 1. The summed E-state index contributed by atoms with van der Waals surface area (Å²) in [5.41, 5.74) is 0.966. The number of hydrogen-bond donors (Lipinski definition) is 1. The molecular weight excluding hydrogens is 278 g/mol. The van der Waals surface area contributed by atoms with E-state index in [1.165, 1.54) is 19.2 Å². The van der Waals surface area contributed by atoms with Crippen LogP contribution in [0, 0.1) is 13.8 Å². The van der Waals surface area contributed by atoms with Crippen LogP contribution in [-0.4, -0.2) is 28.0 Å². The number of ether oxygens (including phenoxy) is 1. The van der Waals surface area contributed by atoms with Crippen molar-refractivity contribution in [1.82, 2.24) is 5.32 Å². The quantitative estimate of drug-likeness (QED) is 0.850. The van der Waals surface area contributed by atoms with Crippen molar-refractivity contribution in [2.24, 2.45) is 0 Å². The Hall–Kier alpha value is -1.27. The Morgan fingerprint density at radius 2 is 1.83 bits per heavy atom. The molecule has 0 aliphatic rings. The first-order valence-electron chi connectivity index (χ1n) is 5.15. The summed E-state index contributed by atoms with van der Waals surface area (Å²) in [4.78, 5) is 11.1. The molecule has 0 aliphatic carbocycles. The minimum Gasteiger partial charge on any atom is -0.484 e. The lowest BCUT2D eigenvalue weighted by Gasteiger charge is -2.11. The van der Waals surface area contributed by atoms with Gasteiger partial charge in [-0.05, 0) is 37.1 Å². The van der Waals surface area contributed by atoms with Crippen LogP contribution in [0.3, 0.4) is 0 Å². The van der Waals surface area contributed by atoms with Crippen molar-refractivity contribution < 1.29 is 17.9 Å². The van der Waals surface area contributed by atoms with Crippen LogP contribution in [0.1, 0.15) is 11.1 Å². The number of likely N-dealkylation sites (N-methyl/N-ethyl adjacent to an activating group) is 1. The fourth-order valence-corrected chi connectivity index (χ4v) is 3.22. The molecule has 0 aromatic heterocycles. The van der Waals surface area contributed by atoms with E-state index in [9.17, 15) is 13.2 Å². The molecule has 1 N–H and O–H groups in total. The van der Waals surface area contributed by atoms with Gasteiger partial charge in [0, 0.05) is 17.7 Å². The Bertz CT molecular complexity index is 545. The van der Waals surface area contributed by atoms with Crippen molar-refractivity contribution in [3.63, 3.8) is 0 Å². The van der Waals surface area contributed by atoms with Crippen molar-refractivity contribution >= 4 is 25.6 Å². The average Bonchev–Trinajstić information content (AvgIpc) is 2.22. The van der Waals surface area contributed by atoms with Gasteiger partial charge in [-0.2, -0.15) is 0 Å². The summed E-state index contributed by atoms with van der Waals surface area (Å²) in [6, 6.07) is 3.07. The number of aryl methyl sites for hydroxylation is 2. The molecule has 1 aromatic rings. The Kier molecular flexibility index (Phi) is 4.59. The van der Waals surface area contributed by atoms with Crippen molar-refractivity contribution in [3.05, 3.63) is 23.3 Å². The minimum atomic E-state index is -3.78. The fourth-order valence-electron chi connectivity index (χ4n) is 1.60. The van der Waals surface area contributed by atoms with Gasteiger partial charge in [0.1, 0.15) is 5.75 Å². The minimum absolute atomic E-state index is 0.0801. The highest BCUT2D eigenvalue weighted by Gasteiger charge is 2.17. The zero-order valence-electron chi connectivity index (χ0n) is 10.3. The molecule has 0 radical (unpaired) electrons. The number of rotatable bonds is 4. The molecule has 7 heteroatoms. The molecule has 0 saturated carbocycles. The standard InChI is InChI=1S/C11H14ClNO4S/c1-7-4-9(17-6-10(14)13-3)5-8(2)11(7)18(12,15)16/h4-5H,6H2,1-3H3,(H,13,14). The normalized spacial score (nSPS) is 11.1. The summed E-state index contributed by atoms with van der Waals surface area (Å²) in [5.74, 6) is 0.164. The van der Waals surface area contributed by atoms with Gasteiger partial charge in [0.2, 0.25) is 0 Å². The molecule has 0 spiro atoms. The van der Waals surface area contributed by atoms with Gasteiger partial charge in [-0.25, -0.2) is 8.42 Å². The smallest absolute Gasteiger partial charge is 0.261 e. The molecule has 5 nitrogen and oxygen atoms in total.